The zero-order valence-corrected chi connectivity index (χ0v) is 15.5. The number of benzene rings is 1. The van der Waals surface area contributed by atoms with Crippen molar-refractivity contribution in [3.8, 4) is 0 Å². The van der Waals surface area contributed by atoms with Crippen LogP contribution >= 0.6 is 27.3 Å². The lowest BCUT2D eigenvalue weighted by atomic mass is 10.3. The van der Waals surface area contributed by atoms with Crippen LogP contribution in [0.4, 0.5) is 10.8 Å². The van der Waals surface area contributed by atoms with Gasteiger partial charge >= 0.3 is 0 Å². The number of amides is 2. The standard InChI is InChI=1S/C16H13BrN4O3S/c1-9(22)18-16-20-12-4-3-11(6-13(12)25-16)19-14(23)8-21-7-10(17)2-5-15(21)24/h2-7H,8H2,1H3,(H,19,23)(H,18,20,22). The predicted octanol–water partition coefficient (Wildman–Crippen LogP) is 2.82. The van der Waals surface area contributed by atoms with Crippen molar-refractivity contribution < 1.29 is 9.59 Å². The van der Waals surface area contributed by atoms with E-state index in [0.29, 0.717) is 10.8 Å². The van der Waals surface area contributed by atoms with Crippen LogP contribution in [-0.2, 0) is 16.1 Å². The summed E-state index contributed by atoms with van der Waals surface area (Å²) in [5, 5.41) is 5.90. The van der Waals surface area contributed by atoms with Crippen LogP contribution in [0.1, 0.15) is 6.92 Å². The quantitative estimate of drug-likeness (QED) is 0.678. The Balaban J connectivity index is 1.75. The molecule has 2 amide bonds. The third-order valence-electron chi connectivity index (χ3n) is 3.22. The van der Waals surface area contributed by atoms with Gasteiger partial charge < -0.3 is 15.2 Å². The monoisotopic (exact) mass is 420 g/mol. The van der Waals surface area contributed by atoms with Gasteiger partial charge in [-0.1, -0.05) is 11.3 Å². The van der Waals surface area contributed by atoms with Gasteiger partial charge in [0, 0.05) is 29.3 Å². The predicted molar refractivity (Wildman–Crippen MR) is 101 cm³/mol. The topological polar surface area (TPSA) is 93.1 Å². The van der Waals surface area contributed by atoms with Gasteiger partial charge in [-0.2, -0.15) is 0 Å². The second kappa shape index (κ2) is 7.16. The van der Waals surface area contributed by atoms with Crippen molar-refractivity contribution in [3.05, 3.63) is 51.4 Å². The van der Waals surface area contributed by atoms with Crippen molar-refractivity contribution in [2.24, 2.45) is 0 Å². The van der Waals surface area contributed by atoms with Gasteiger partial charge in [-0.25, -0.2) is 4.98 Å². The Hall–Kier alpha value is -2.52. The van der Waals surface area contributed by atoms with Crippen LogP contribution in [0.15, 0.2) is 45.8 Å². The van der Waals surface area contributed by atoms with Crippen molar-refractivity contribution in [2.45, 2.75) is 13.5 Å². The maximum Gasteiger partial charge on any atom is 0.251 e. The number of rotatable bonds is 4. The first-order valence-corrected chi connectivity index (χ1v) is 8.86. The minimum absolute atomic E-state index is 0.0872. The Kier molecular flexibility index (Phi) is 4.95. The van der Waals surface area contributed by atoms with E-state index in [2.05, 4.69) is 31.5 Å². The first-order valence-electron chi connectivity index (χ1n) is 7.25. The molecule has 0 aliphatic carbocycles. The molecule has 2 heterocycles. The first kappa shape index (κ1) is 17.3. The Morgan fingerprint density at radius 2 is 2.04 bits per heavy atom. The van der Waals surface area contributed by atoms with Crippen molar-refractivity contribution in [3.63, 3.8) is 0 Å². The molecule has 0 bridgehead atoms. The molecule has 1 aromatic carbocycles. The Morgan fingerprint density at radius 1 is 1.24 bits per heavy atom. The lowest BCUT2D eigenvalue weighted by Gasteiger charge is -2.07. The molecule has 0 radical (unpaired) electrons. The number of pyridine rings is 1. The molecule has 7 nitrogen and oxygen atoms in total. The highest BCUT2D eigenvalue weighted by atomic mass is 79.9. The number of carbonyl (C=O) groups is 2. The largest absolute Gasteiger partial charge is 0.324 e. The maximum atomic E-state index is 12.2. The van der Waals surface area contributed by atoms with E-state index >= 15 is 0 Å². The van der Waals surface area contributed by atoms with Crippen LogP contribution < -0.4 is 16.2 Å². The SMILES string of the molecule is CC(=O)Nc1nc2ccc(NC(=O)Cn3cc(Br)ccc3=O)cc2s1. The molecule has 128 valence electrons. The summed E-state index contributed by atoms with van der Waals surface area (Å²) in [5.41, 5.74) is 1.07. The number of anilines is 2. The molecule has 3 aromatic rings. The number of nitrogens with one attached hydrogen (secondary N) is 2. The highest BCUT2D eigenvalue weighted by Crippen LogP contribution is 2.28. The van der Waals surface area contributed by atoms with Gasteiger partial charge in [0.15, 0.2) is 5.13 Å². The summed E-state index contributed by atoms with van der Waals surface area (Å²) in [4.78, 5) is 39.3. The summed E-state index contributed by atoms with van der Waals surface area (Å²) >= 11 is 4.59. The summed E-state index contributed by atoms with van der Waals surface area (Å²) in [5.74, 6) is -0.502. The van der Waals surface area contributed by atoms with E-state index in [-0.39, 0.29) is 23.9 Å². The molecule has 0 aliphatic heterocycles. The summed E-state index contributed by atoms with van der Waals surface area (Å²) in [7, 11) is 0. The third-order valence-corrected chi connectivity index (χ3v) is 4.62. The van der Waals surface area contributed by atoms with E-state index in [0.717, 1.165) is 14.7 Å². The zero-order valence-electron chi connectivity index (χ0n) is 13.1. The van der Waals surface area contributed by atoms with E-state index in [1.165, 1.54) is 28.9 Å². The van der Waals surface area contributed by atoms with Crippen molar-refractivity contribution in [2.75, 3.05) is 10.6 Å². The van der Waals surface area contributed by atoms with Crippen molar-refractivity contribution in [1.82, 2.24) is 9.55 Å². The number of hydrogen-bond donors (Lipinski definition) is 2. The molecule has 0 fully saturated rings. The lowest BCUT2D eigenvalue weighted by Crippen LogP contribution is -2.26. The molecular formula is C16H13BrN4O3S. The highest BCUT2D eigenvalue weighted by Gasteiger charge is 2.09. The molecule has 2 aromatic heterocycles. The Labute approximate surface area is 154 Å². The number of thiazole rings is 1. The van der Waals surface area contributed by atoms with Crippen molar-refractivity contribution >= 4 is 60.1 Å². The maximum absolute atomic E-state index is 12.2. The van der Waals surface area contributed by atoms with Gasteiger partial charge in [0.2, 0.25) is 11.8 Å². The normalized spacial score (nSPS) is 10.6. The number of nitrogens with zero attached hydrogens (tertiary/aromatic N) is 2. The second-order valence-corrected chi connectivity index (χ2v) is 7.19. The molecule has 0 saturated heterocycles. The molecule has 9 heteroatoms. The summed E-state index contributed by atoms with van der Waals surface area (Å²) < 4.78 is 2.87. The molecule has 25 heavy (non-hydrogen) atoms. The van der Waals surface area contributed by atoms with E-state index in [9.17, 15) is 14.4 Å². The summed E-state index contributed by atoms with van der Waals surface area (Å²) in [6, 6.07) is 8.28. The van der Waals surface area contributed by atoms with Gasteiger partial charge in [-0.15, -0.1) is 0 Å². The number of aromatic nitrogens is 2. The molecular weight excluding hydrogens is 408 g/mol. The summed E-state index contributed by atoms with van der Waals surface area (Å²) in [6.07, 6.45) is 1.56. The van der Waals surface area contributed by atoms with Crippen LogP contribution in [0.5, 0.6) is 0 Å². The van der Waals surface area contributed by atoms with Crippen LogP contribution in [-0.4, -0.2) is 21.4 Å². The Morgan fingerprint density at radius 3 is 2.80 bits per heavy atom. The van der Waals surface area contributed by atoms with Crippen LogP contribution in [0.25, 0.3) is 10.2 Å². The van der Waals surface area contributed by atoms with Gasteiger partial charge in [0.1, 0.15) is 6.54 Å². The third kappa shape index (κ3) is 4.31. The number of fused-ring (bicyclic) bond motifs is 1. The average molecular weight is 421 g/mol. The van der Waals surface area contributed by atoms with E-state index in [1.54, 1.807) is 30.5 Å². The van der Waals surface area contributed by atoms with Gasteiger partial charge in [0.05, 0.1) is 10.2 Å². The second-order valence-electron chi connectivity index (χ2n) is 5.24. The van der Waals surface area contributed by atoms with Crippen LogP contribution in [0.3, 0.4) is 0 Å². The molecule has 0 spiro atoms. The fourth-order valence-corrected chi connectivity index (χ4v) is 3.52. The highest BCUT2D eigenvalue weighted by molar-refractivity contribution is 9.10. The fourth-order valence-electron chi connectivity index (χ4n) is 2.19. The van der Waals surface area contributed by atoms with E-state index in [4.69, 9.17) is 0 Å². The van der Waals surface area contributed by atoms with E-state index in [1.807, 2.05) is 0 Å². The molecule has 0 aliphatic rings. The summed E-state index contributed by atoms with van der Waals surface area (Å²) in [6.45, 7) is 1.33. The van der Waals surface area contributed by atoms with Gasteiger partial charge in [-0.05, 0) is 40.2 Å². The van der Waals surface area contributed by atoms with E-state index < -0.39 is 0 Å². The molecule has 0 atom stereocenters. The lowest BCUT2D eigenvalue weighted by molar-refractivity contribution is -0.117. The van der Waals surface area contributed by atoms with Crippen LogP contribution in [0.2, 0.25) is 0 Å². The molecule has 0 unspecified atom stereocenters. The number of carbonyl (C=O) groups excluding carboxylic acids is 2. The van der Waals surface area contributed by atoms with Gasteiger partial charge in [0.25, 0.3) is 5.56 Å². The number of hydrogen-bond acceptors (Lipinski definition) is 5. The molecule has 2 N–H and O–H groups in total. The number of halogens is 1. The molecule has 0 saturated carbocycles. The Bertz CT molecular complexity index is 1030. The smallest absolute Gasteiger partial charge is 0.251 e. The van der Waals surface area contributed by atoms with Crippen molar-refractivity contribution in [1.29, 1.82) is 0 Å². The average Bonchev–Trinajstić information content (AvgIpc) is 2.91. The first-order chi connectivity index (χ1) is 11.9. The fraction of sp³-hybridized carbons (Fsp3) is 0.125. The minimum Gasteiger partial charge on any atom is -0.324 e. The minimum atomic E-state index is -0.314. The van der Waals surface area contributed by atoms with Crippen LogP contribution in [0, 0.1) is 0 Å². The zero-order chi connectivity index (χ0) is 18.0. The van der Waals surface area contributed by atoms with Gasteiger partial charge in [-0.3, -0.25) is 14.4 Å². The molecule has 3 rings (SSSR count).